The first-order chi connectivity index (χ1) is 13.3. The van der Waals surface area contributed by atoms with Crippen LogP contribution < -0.4 is 19.1 Å². The van der Waals surface area contributed by atoms with Crippen LogP contribution in [0.4, 0.5) is 0 Å². The van der Waals surface area contributed by atoms with Crippen LogP contribution in [0.5, 0.6) is 17.2 Å². The van der Waals surface area contributed by atoms with Crippen molar-refractivity contribution in [1.82, 2.24) is 9.97 Å². The van der Waals surface area contributed by atoms with Gasteiger partial charge in [0.05, 0.1) is 0 Å². The minimum absolute atomic E-state index is 0.527. The molecule has 5 nitrogen and oxygen atoms in total. The number of nitrogens with zero attached hydrogens (tertiary/aromatic N) is 1. The molecule has 136 valence electrons. The van der Waals surface area contributed by atoms with Gasteiger partial charge in [-0.05, 0) is 0 Å². The first-order valence-corrected chi connectivity index (χ1v) is 10.3. The first-order valence-electron chi connectivity index (χ1n) is 8.56. The Kier molecular flexibility index (Phi) is 5.04. The van der Waals surface area contributed by atoms with Gasteiger partial charge in [0.1, 0.15) is 0 Å². The Morgan fingerprint density at radius 3 is 1.33 bits per heavy atom. The number of benzene rings is 3. The van der Waals surface area contributed by atoms with E-state index in [-0.39, 0.29) is 0 Å². The molecule has 0 saturated heterocycles. The molecule has 4 aromatic rings. The Hall–Kier alpha value is -3.30. The van der Waals surface area contributed by atoms with Crippen molar-refractivity contribution in [3.05, 3.63) is 103 Å². The number of imidazole rings is 1. The van der Waals surface area contributed by atoms with E-state index < -0.39 is 7.94 Å². The average molecular weight is 378 g/mol. The van der Waals surface area contributed by atoms with Crippen molar-refractivity contribution in [2.24, 2.45) is 0 Å². The summed E-state index contributed by atoms with van der Waals surface area (Å²) in [6.45, 7) is 0. The third-order valence-electron chi connectivity index (χ3n) is 3.77. The molecule has 0 bridgehead atoms. The van der Waals surface area contributed by atoms with Gasteiger partial charge >= 0.3 is 158 Å². The Balaban J connectivity index is 1.79. The van der Waals surface area contributed by atoms with Crippen LogP contribution in [0.3, 0.4) is 0 Å². The maximum atomic E-state index is 6.36. The summed E-state index contributed by atoms with van der Waals surface area (Å²) in [6, 6.07) is 28.4. The van der Waals surface area contributed by atoms with Gasteiger partial charge in [0, 0.05) is 0 Å². The van der Waals surface area contributed by atoms with Gasteiger partial charge in [0.15, 0.2) is 0 Å². The molecule has 0 amide bonds. The van der Waals surface area contributed by atoms with Gasteiger partial charge < -0.3 is 0 Å². The number of rotatable bonds is 7. The summed E-state index contributed by atoms with van der Waals surface area (Å²) in [5, 5.41) is 0. The molecule has 3 aromatic carbocycles. The molecule has 0 atom stereocenters. The quantitative estimate of drug-likeness (QED) is 0.471. The number of H-pyrrole nitrogens is 1. The fraction of sp³-hybridized carbons (Fsp3) is 0. The van der Waals surface area contributed by atoms with Crippen molar-refractivity contribution in [2.45, 2.75) is 0 Å². The van der Waals surface area contributed by atoms with E-state index in [4.69, 9.17) is 13.6 Å². The van der Waals surface area contributed by atoms with Gasteiger partial charge in [-0.15, -0.1) is 0 Å². The number of aromatic nitrogens is 2. The van der Waals surface area contributed by atoms with Crippen LogP contribution in [-0.4, -0.2) is 9.97 Å². The SMILES string of the molecule is c1ccc(O[PH](Oc2ccccc2)(Oc2ccccc2)c2ncc[nH]2)cc1. The maximum absolute atomic E-state index is 6.36. The van der Waals surface area contributed by atoms with E-state index in [0.29, 0.717) is 22.8 Å². The minimum atomic E-state index is -3.51. The number of aromatic amines is 1. The third kappa shape index (κ3) is 4.10. The molecule has 0 aliphatic heterocycles. The summed E-state index contributed by atoms with van der Waals surface area (Å²) < 4.78 is 19.1. The Morgan fingerprint density at radius 2 is 1.00 bits per heavy atom. The summed E-state index contributed by atoms with van der Waals surface area (Å²) in [5.74, 6) is 1.94. The van der Waals surface area contributed by atoms with Crippen molar-refractivity contribution >= 4 is 13.5 Å². The van der Waals surface area contributed by atoms with Gasteiger partial charge in [-0.2, -0.15) is 0 Å². The third-order valence-corrected chi connectivity index (χ3v) is 6.14. The molecule has 0 saturated carbocycles. The van der Waals surface area contributed by atoms with E-state index in [9.17, 15) is 0 Å². The van der Waals surface area contributed by atoms with Crippen LogP contribution in [0.15, 0.2) is 103 Å². The van der Waals surface area contributed by atoms with Crippen LogP contribution in [0.1, 0.15) is 0 Å². The second-order valence-corrected chi connectivity index (χ2v) is 7.94. The van der Waals surface area contributed by atoms with Crippen molar-refractivity contribution in [1.29, 1.82) is 0 Å². The molecule has 1 aromatic heterocycles. The molecular formula is C21H19N2O3P. The summed E-state index contributed by atoms with van der Waals surface area (Å²) in [5.41, 5.74) is 0.527. The normalized spacial score (nSPS) is 11.6. The predicted octanol–water partition coefficient (Wildman–Crippen LogP) is 4.77. The molecule has 0 radical (unpaired) electrons. The monoisotopic (exact) mass is 378 g/mol. The van der Waals surface area contributed by atoms with Crippen LogP contribution in [0.25, 0.3) is 0 Å². The van der Waals surface area contributed by atoms with Crippen molar-refractivity contribution in [3.63, 3.8) is 0 Å². The average Bonchev–Trinajstić information content (AvgIpc) is 3.26. The van der Waals surface area contributed by atoms with E-state index in [2.05, 4.69) is 9.97 Å². The zero-order chi connectivity index (χ0) is 18.4. The molecule has 6 heteroatoms. The van der Waals surface area contributed by atoms with Crippen molar-refractivity contribution in [2.75, 3.05) is 0 Å². The van der Waals surface area contributed by atoms with Crippen molar-refractivity contribution in [3.8, 4) is 17.2 Å². The standard InChI is InChI=1S/C21H19N2O3P/c1-4-10-18(11-5-1)24-27(21-22-16-17-23-21,25-19-12-6-2-7-13-19)26-20-14-8-3-9-15-20/h1-17,27H,(H,22,23). The van der Waals surface area contributed by atoms with E-state index in [1.165, 1.54) is 0 Å². The van der Waals surface area contributed by atoms with Crippen LogP contribution in [-0.2, 0) is 0 Å². The van der Waals surface area contributed by atoms with Gasteiger partial charge in [-0.25, -0.2) is 0 Å². The van der Waals surface area contributed by atoms with Crippen LogP contribution >= 0.6 is 7.94 Å². The molecule has 0 spiro atoms. The summed E-state index contributed by atoms with van der Waals surface area (Å²) in [7, 11) is -3.51. The Bertz CT molecular complexity index is 847. The number of hydrogen-bond acceptors (Lipinski definition) is 4. The fourth-order valence-corrected chi connectivity index (χ4v) is 4.82. The molecule has 0 fully saturated rings. The zero-order valence-electron chi connectivity index (χ0n) is 14.5. The predicted molar refractivity (Wildman–Crippen MR) is 108 cm³/mol. The molecular weight excluding hydrogens is 359 g/mol. The molecule has 4 rings (SSSR count). The summed E-state index contributed by atoms with van der Waals surface area (Å²) >= 11 is 0. The molecule has 27 heavy (non-hydrogen) atoms. The van der Waals surface area contributed by atoms with Crippen LogP contribution in [0.2, 0.25) is 0 Å². The number of hydrogen-bond donors (Lipinski definition) is 1. The number of para-hydroxylation sites is 3. The van der Waals surface area contributed by atoms with E-state index >= 15 is 0 Å². The van der Waals surface area contributed by atoms with E-state index in [0.717, 1.165) is 0 Å². The second kappa shape index (κ2) is 7.94. The van der Waals surface area contributed by atoms with Gasteiger partial charge in [0.2, 0.25) is 0 Å². The van der Waals surface area contributed by atoms with Gasteiger partial charge in [-0.1, -0.05) is 0 Å². The fourth-order valence-electron chi connectivity index (χ4n) is 2.57. The Labute approximate surface area is 158 Å². The topological polar surface area (TPSA) is 56.4 Å². The van der Waals surface area contributed by atoms with Gasteiger partial charge in [0.25, 0.3) is 0 Å². The molecule has 1 heterocycles. The van der Waals surface area contributed by atoms with Crippen LogP contribution in [0, 0.1) is 0 Å². The molecule has 0 unspecified atom stereocenters. The van der Waals surface area contributed by atoms with Crippen molar-refractivity contribution < 1.29 is 13.6 Å². The van der Waals surface area contributed by atoms with E-state index in [1.807, 2.05) is 91.0 Å². The summed E-state index contributed by atoms with van der Waals surface area (Å²) in [6.07, 6.45) is 3.39. The first kappa shape index (κ1) is 17.1. The Morgan fingerprint density at radius 1 is 0.593 bits per heavy atom. The zero-order valence-corrected chi connectivity index (χ0v) is 15.5. The summed E-state index contributed by atoms with van der Waals surface area (Å²) in [4.78, 5) is 7.52. The molecule has 0 aliphatic carbocycles. The number of nitrogens with one attached hydrogen (secondary N) is 1. The van der Waals surface area contributed by atoms with Gasteiger partial charge in [-0.3, -0.25) is 0 Å². The second-order valence-electron chi connectivity index (χ2n) is 5.74. The van der Waals surface area contributed by atoms with E-state index in [1.54, 1.807) is 12.4 Å². The molecule has 0 aliphatic rings. The molecule has 1 N–H and O–H groups in total.